The highest BCUT2D eigenvalue weighted by Gasteiger charge is 2.35. The summed E-state index contributed by atoms with van der Waals surface area (Å²) in [4.78, 5) is 14.5. The largest absolute Gasteiger partial charge is 0.349 e. The summed E-state index contributed by atoms with van der Waals surface area (Å²) in [6.45, 7) is 7.03. The predicted octanol–water partition coefficient (Wildman–Crippen LogP) is 2.21. The molecule has 1 aliphatic carbocycles. The number of rotatable bonds is 2. The average Bonchev–Trinajstić information content (AvgIpc) is 2.53. The maximum absolute atomic E-state index is 12.7. The number of sulfonamides is 1. The van der Waals surface area contributed by atoms with Gasteiger partial charge in [0.25, 0.3) is 15.9 Å². The normalized spacial score (nSPS) is 28.7. The molecule has 0 bridgehead atoms. The first kappa shape index (κ1) is 18.2. The van der Waals surface area contributed by atoms with Crippen molar-refractivity contribution in [2.75, 3.05) is 12.3 Å². The van der Waals surface area contributed by atoms with Crippen molar-refractivity contribution in [2.24, 2.45) is 15.7 Å². The fourth-order valence-corrected chi connectivity index (χ4v) is 4.90. The monoisotopic (exact) mass is 365 g/mol. The number of fused-ring (bicyclic) bond motifs is 1. The highest BCUT2D eigenvalue weighted by atomic mass is 32.2. The number of carbonyl (C=O) groups is 1. The van der Waals surface area contributed by atoms with Crippen molar-refractivity contribution in [1.82, 2.24) is 10.2 Å². The quantitative estimate of drug-likeness (QED) is 0.814. The Bertz CT molecular complexity index is 744. The molecule has 0 unspecified atom stereocenters. The van der Waals surface area contributed by atoms with Crippen molar-refractivity contribution in [3.05, 3.63) is 23.9 Å². The zero-order chi connectivity index (χ0) is 18.2. The molecular formula is C18H27N3O3S. The summed E-state index contributed by atoms with van der Waals surface area (Å²) in [6.07, 6.45) is 9.49. The molecule has 0 saturated heterocycles. The maximum Gasteiger partial charge on any atom is 0.256 e. The van der Waals surface area contributed by atoms with Gasteiger partial charge in [-0.25, -0.2) is 8.42 Å². The van der Waals surface area contributed by atoms with Gasteiger partial charge in [-0.15, -0.1) is 4.40 Å². The fraction of sp³-hybridized carbons (Fsp3) is 0.667. The SMILES string of the molecule is CC(C)(C)[C@@H]1CCCC[C@H]1NC(=O)C1=CN2CCS(=O)(=O)N=C2C=C1. The molecule has 1 N–H and O–H groups in total. The molecule has 3 aliphatic rings. The summed E-state index contributed by atoms with van der Waals surface area (Å²) in [5, 5.41) is 3.21. The van der Waals surface area contributed by atoms with E-state index in [1.54, 1.807) is 23.3 Å². The Balaban J connectivity index is 1.72. The third kappa shape index (κ3) is 4.14. The van der Waals surface area contributed by atoms with Gasteiger partial charge in [-0.2, -0.15) is 0 Å². The minimum absolute atomic E-state index is 0.0234. The van der Waals surface area contributed by atoms with Gasteiger partial charge in [-0.1, -0.05) is 33.6 Å². The Morgan fingerprint density at radius 3 is 2.68 bits per heavy atom. The van der Waals surface area contributed by atoms with Crippen molar-refractivity contribution in [3.63, 3.8) is 0 Å². The number of amidine groups is 1. The van der Waals surface area contributed by atoms with Crippen LogP contribution in [0.5, 0.6) is 0 Å². The zero-order valence-electron chi connectivity index (χ0n) is 15.2. The van der Waals surface area contributed by atoms with Gasteiger partial charge >= 0.3 is 0 Å². The van der Waals surface area contributed by atoms with E-state index in [2.05, 4.69) is 30.5 Å². The van der Waals surface area contributed by atoms with Crippen LogP contribution in [0, 0.1) is 11.3 Å². The molecule has 0 aromatic rings. The second kappa shape index (κ2) is 6.59. The van der Waals surface area contributed by atoms with Gasteiger partial charge in [-0.05, 0) is 36.3 Å². The van der Waals surface area contributed by atoms with Crippen LogP contribution in [0.2, 0.25) is 0 Å². The molecule has 2 aliphatic heterocycles. The summed E-state index contributed by atoms with van der Waals surface area (Å²) in [5.74, 6) is 0.735. The Morgan fingerprint density at radius 1 is 1.24 bits per heavy atom. The molecule has 138 valence electrons. The van der Waals surface area contributed by atoms with Crippen LogP contribution in [0.1, 0.15) is 46.5 Å². The van der Waals surface area contributed by atoms with Crippen molar-refractivity contribution < 1.29 is 13.2 Å². The van der Waals surface area contributed by atoms with Crippen LogP contribution in [0.25, 0.3) is 0 Å². The second-order valence-corrected chi connectivity index (χ2v) is 9.94. The highest BCUT2D eigenvalue weighted by Crippen LogP contribution is 2.38. The molecule has 0 radical (unpaired) electrons. The van der Waals surface area contributed by atoms with Crippen molar-refractivity contribution in [1.29, 1.82) is 0 Å². The Morgan fingerprint density at radius 2 is 1.96 bits per heavy atom. The number of hydrogen-bond donors (Lipinski definition) is 1. The lowest BCUT2D eigenvalue weighted by molar-refractivity contribution is -0.118. The molecular weight excluding hydrogens is 338 g/mol. The van der Waals surface area contributed by atoms with Crippen molar-refractivity contribution in [2.45, 2.75) is 52.5 Å². The second-order valence-electron chi connectivity index (χ2n) is 8.18. The van der Waals surface area contributed by atoms with E-state index >= 15 is 0 Å². The van der Waals surface area contributed by atoms with Crippen LogP contribution in [0.3, 0.4) is 0 Å². The molecule has 0 aromatic carbocycles. The molecule has 3 rings (SSSR count). The fourth-order valence-electron chi connectivity index (χ4n) is 3.93. The summed E-state index contributed by atoms with van der Waals surface area (Å²) in [6, 6.07) is 0.187. The number of nitrogens with zero attached hydrogens (tertiary/aromatic N) is 2. The van der Waals surface area contributed by atoms with Gasteiger partial charge in [0.05, 0.1) is 11.3 Å². The number of nitrogens with one attached hydrogen (secondary N) is 1. The molecule has 1 saturated carbocycles. The van der Waals surface area contributed by atoms with Crippen LogP contribution < -0.4 is 5.32 Å². The molecule has 25 heavy (non-hydrogen) atoms. The van der Waals surface area contributed by atoms with Gasteiger partial charge in [0, 0.05) is 18.8 Å². The van der Waals surface area contributed by atoms with E-state index in [-0.39, 0.29) is 23.1 Å². The number of amides is 1. The lowest BCUT2D eigenvalue weighted by atomic mass is 9.69. The van der Waals surface area contributed by atoms with Crippen LogP contribution in [-0.2, 0) is 14.8 Å². The van der Waals surface area contributed by atoms with Gasteiger partial charge < -0.3 is 10.2 Å². The smallest absolute Gasteiger partial charge is 0.256 e. The summed E-state index contributed by atoms with van der Waals surface area (Å²) >= 11 is 0. The summed E-state index contributed by atoms with van der Waals surface area (Å²) in [7, 11) is -3.37. The number of carbonyl (C=O) groups excluding carboxylic acids is 1. The molecule has 0 spiro atoms. The summed E-state index contributed by atoms with van der Waals surface area (Å²) < 4.78 is 26.9. The van der Waals surface area contributed by atoms with E-state index in [0.717, 1.165) is 19.3 Å². The van der Waals surface area contributed by atoms with Crippen LogP contribution in [0.15, 0.2) is 28.3 Å². The van der Waals surface area contributed by atoms with Crippen molar-refractivity contribution >= 4 is 21.8 Å². The van der Waals surface area contributed by atoms with Gasteiger partial charge in [0.15, 0.2) is 0 Å². The van der Waals surface area contributed by atoms with E-state index in [9.17, 15) is 13.2 Å². The minimum Gasteiger partial charge on any atom is -0.349 e. The molecule has 0 aromatic heterocycles. The average molecular weight is 365 g/mol. The lowest BCUT2D eigenvalue weighted by Crippen LogP contribution is -2.47. The number of hydrogen-bond acceptors (Lipinski definition) is 4. The highest BCUT2D eigenvalue weighted by molar-refractivity contribution is 7.90. The molecule has 6 nitrogen and oxygen atoms in total. The Kier molecular flexibility index (Phi) is 4.79. The Labute approximate surface area is 150 Å². The first-order valence-electron chi connectivity index (χ1n) is 8.96. The third-order valence-corrected chi connectivity index (χ3v) is 6.44. The molecule has 7 heteroatoms. The van der Waals surface area contributed by atoms with Crippen LogP contribution >= 0.6 is 0 Å². The molecule has 2 heterocycles. The van der Waals surface area contributed by atoms with E-state index in [1.807, 2.05) is 0 Å². The summed E-state index contributed by atoms with van der Waals surface area (Å²) in [5.41, 5.74) is 0.715. The minimum atomic E-state index is -3.37. The van der Waals surface area contributed by atoms with E-state index < -0.39 is 10.0 Å². The lowest BCUT2D eigenvalue weighted by Gasteiger charge is -2.41. The maximum atomic E-state index is 12.7. The van der Waals surface area contributed by atoms with Crippen LogP contribution in [0.4, 0.5) is 0 Å². The Hall–Kier alpha value is -1.63. The van der Waals surface area contributed by atoms with E-state index in [0.29, 0.717) is 23.9 Å². The first-order valence-corrected chi connectivity index (χ1v) is 10.6. The van der Waals surface area contributed by atoms with E-state index in [1.165, 1.54) is 6.42 Å². The standard InChI is InChI=1S/C18H27N3O3S/c1-18(2,3)14-6-4-5-7-15(14)19-17(22)13-8-9-16-20-25(23,24)11-10-21(16)12-13/h8-9,12,14-15H,4-7,10-11H2,1-3H3,(H,19,22)/t14-,15-/m1/s1. The van der Waals surface area contributed by atoms with Gasteiger partial charge in [0.2, 0.25) is 0 Å². The van der Waals surface area contributed by atoms with Gasteiger partial charge in [0.1, 0.15) is 5.84 Å². The predicted molar refractivity (Wildman–Crippen MR) is 98.5 cm³/mol. The molecule has 2 atom stereocenters. The molecule has 1 amide bonds. The first-order chi connectivity index (χ1) is 11.7. The van der Waals surface area contributed by atoms with Gasteiger partial charge in [-0.3, -0.25) is 4.79 Å². The van der Waals surface area contributed by atoms with Crippen molar-refractivity contribution in [3.8, 4) is 0 Å². The molecule has 1 fully saturated rings. The third-order valence-electron chi connectivity index (χ3n) is 5.28. The van der Waals surface area contributed by atoms with E-state index in [4.69, 9.17) is 0 Å². The zero-order valence-corrected chi connectivity index (χ0v) is 16.0. The topological polar surface area (TPSA) is 78.8 Å². The van der Waals surface area contributed by atoms with Crippen LogP contribution in [-0.4, -0.2) is 43.4 Å².